The van der Waals surface area contributed by atoms with E-state index in [0.717, 1.165) is 12.0 Å². The highest BCUT2D eigenvalue weighted by molar-refractivity contribution is 6.35. The van der Waals surface area contributed by atoms with E-state index >= 15 is 0 Å². The quantitative estimate of drug-likeness (QED) is 0.811. The van der Waals surface area contributed by atoms with E-state index in [2.05, 4.69) is 5.32 Å². The molecule has 0 aromatic heterocycles. The number of halogens is 2. The lowest BCUT2D eigenvalue weighted by Crippen LogP contribution is -2.41. The van der Waals surface area contributed by atoms with Crippen molar-refractivity contribution in [3.8, 4) is 0 Å². The first kappa shape index (κ1) is 16.3. The van der Waals surface area contributed by atoms with Gasteiger partial charge >= 0.3 is 5.97 Å². The van der Waals surface area contributed by atoms with Crippen molar-refractivity contribution in [1.29, 1.82) is 0 Å². The topological polar surface area (TPSA) is 66.4 Å². The van der Waals surface area contributed by atoms with Crippen molar-refractivity contribution >= 4 is 35.1 Å². The molecular weight excluding hydrogens is 337 g/mol. The predicted molar refractivity (Wildman–Crippen MR) is 88.4 cm³/mol. The predicted octanol–water partition coefficient (Wildman–Crippen LogP) is 3.69. The molecule has 2 aliphatic carbocycles. The summed E-state index contributed by atoms with van der Waals surface area (Å²) < 4.78 is 0. The number of amides is 1. The number of carbonyl (C=O) groups excluding carboxylic acids is 1. The van der Waals surface area contributed by atoms with Crippen molar-refractivity contribution in [2.75, 3.05) is 0 Å². The van der Waals surface area contributed by atoms with Crippen LogP contribution in [0.1, 0.15) is 24.9 Å². The Balaban J connectivity index is 1.76. The number of hydrogen-bond donors (Lipinski definition) is 2. The lowest BCUT2D eigenvalue weighted by molar-refractivity contribution is -0.148. The molecule has 5 unspecified atom stereocenters. The summed E-state index contributed by atoms with van der Waals surface area (Å²) in [5, 5.41) is 13.3. The second kappa shape index (κ2) is 6.17. The molecule has 0 radical (unpaired) electrons. The number of fused-ring (bicyclic) bond motifs is 2. The minimum Gasteiger partial charge on any atom is -0.481 e. The minimum absolute atomic E-state index is 0.00832. The maximum Gasteiger partial charge on any atom is 0.307 e. The van der Waals surface area contributed by atoms with Gasteiger partial charge in [0, 0.05) is 10.0 Å². The van der Waals surface area contributed by atoms with Crippen LogP contribution in [-0.4, -0.2) is 17.0 Å². The second-order valence-electron chi connectivity index (χ2n) is 6.23. The van der Waals surface area contributed by atoms with Gasteiger partial charge in [0.1, 0.15) is 0 Å². The number of carboxylic acid groups (broad SMARTS) is 1. The van der Waals surface area contributed by atoms with Crippen molar-refractivity contribution in [3.05, 3.63) is 46.0 Å². The van der Waals surface area contributed by atoms with E-state index in [-0.39, 0.29) is 23.8 Å². The van der Waals surface area contributed by atoms with E-state index in [4.69, 9.17) is 23.2 Å². The molecule has 5 atom stereocenters. The summed E-state index contributed by atoms with van der Waals surface area (Å²) in [7, 11) is 0. The molecular formula is C17H17Cl2NO3. The standard InChI is InChI=1S/C17H17Cl2NO3/c1-8(12-5-4-11(18)7-13(12)19)20-16(21)14-9-2-3-10(6-9)15(14)17(22)23/h2-5,7-10,14-15H,6H2,1H3,(H,20,21)(H,22,23). The van der Waals surface area contributed by atoms with Gasteiger partial charge in [0.05, 0.1) is 17.9 Å². The average Bonchev–Trinajstić information content (AvgIpc) is 3.07. The maximum absolute atomic E-state index is 12.6. The fraction of sp³-hybridized carbons (Fsp3) is 0.412. The molecule has 0 heterocycles. The third-order valence-electron chi connectivity index (χ3n) is 4.83. The largest absolute Gasteiger partial charge is 0.481 e. The molecule has 0 aliphatic heterocycles. The normalized spacial score (nSPS) is 29.5. The third-order valence-corrected chi connectivity index (χ3v) is 5.40. The molecule has 2 N–H and O–H groups in total. The second-order valence-corrected chi connectivity index (χ2v) is 7.08. The van der Waals surface area contributed by atoms with Gasteiger partial charge in [-0.1, -0.05) is 41.4 Å². The number of carbonyl (C=O) groups is 2. The highest BCUT2D eigenvalue weighted by Crippen LogP contribution is 2.48. The average molecular weight is 354 g/mol. The minimum atomic E-state index is -0.904. The zero-order valence-corrected chi connectivity index (χ0v) is 14.0. The lowest BCUT2D eigenvalue weighted by atomic mass is 9.82. The Hall–Kier alpha value is -1.52. The Labute approximate surface area is 144 Å². The fourth-order valence-corrected chi connectivity index (χ4v) is 4.33. The van der Waals surface area contributed by atoms with Gasteiger partial charge in [0.15, 0.2) is 0 Å². The van der Waals surface area contributed by atoms with Gasteiger partial charge in [-0.3, -0.25) is 9.59 Å². The molecule has 23 heavy (non-hydrogen) atoms. The number of benzene rings is 1. The van der Waals surface area contributed by atoms with Crippen LogP contribution in [0.2, 0.25) is 10.0 Å². The fourth-order valence-electron chi connectivity index (χ4n) is 3.76. The Kier molecular flexibility index (Phi) is 4.39. The van der Waals surface area contributed by atoms with Crippen LogP contribution in [0.3, 0.4) is 0 Å². The molecule has 1 aromatic carbocycles. The van der Waals surface area contributed by atoms with E-state index in [0.29, 0.717) is 10.0 Å². The molecule has 1 aromatic rings. The zero-order chi connectivity index (χ0) is 16.7. The number of rotatable bonds is 4. The Morgan fingerprint density at radius 1 is 1.22 bits per heavy atom. The van der Waals surface area contributed by atoms with Crippen LogP contribution in [0.25, 0.3) is 0 Å². The molecule has 1 fully saturated rings. The number of carboxylic acids is 1. The summed E-state index contributed by atoms with van der Waals surface area (Å²) in [6.07, 6.45) is 4.63. The molecule has 0 saturated heterocycles. The van der Waals surface area contributed by atoms with Crippen LogP contribution >= 0.6 is 23.2 Å². The lowest BCUT2D eigenvalue weighted by Gasteiger charge is -2.26. The number of aliphatic carboxylic acids is 1. The van der Waals surface area contributed by atoms with Gasteiger partial charge < -0.3 is 10.4 Å². The van der Waals surface area contributed by atoms with E-state index in [1.807, 2.05) is 19.1 Å². The van der Waals surface area contributed by atoms with E-state index in [1.54, 1.807) is 18.2 Å². The first-order chi connectivity index (χ1) is 10.9. The summed E-state index contributed by atoms with van der Waals surface area (Å²) in [5.74, 6) is -2.32. The number of nitrogens with one attached hydrogen (secondary N) is 1. The third kappa shape index (κ3) is 2.98. The SMILES string of the molecule is CC(NC(=O)C1C2C=CC(C2)C1C(=O)O)c1ccc(Cl)cc1Cl. The summed E-state index contributed by atoms with van der Waals surface area (Å²) in [6.45, 7) is 1.83. The van der Waals surface area contributed by atoms with Crippen LogP contribution in [0.15, 0.2) is 30.4 Å². The Bertz CT molecular complexity index is 688. The van der Waals surface area contributed by atoms with E-state index in [9.17, 15) is 14.7 Å². The van der Waals surface area contributed by atoms with Gasteiger partial charge in [-0.05, 0) is 42.9 Å². The Morgan fingerprint density at radius 3 is 2.48 bits per heavy atom. The Morgan fingerprint density at radius 2 is 1.87 bits per heavy atom. The van der Waals surface area contributed by atoms with E-state index < -0.39 is 17.8 Å². The summed E-state index contributed by atoms with van der Waals surface area (Å²) >= 11 is 12.1. The van der Waals surface area contributed by atoms with Gasteiger partial charge in [-0.15, -0.1) is 0 Å². The zero-order valence-electron chi connectivity index (χ0n) is 12.5. The first-order valence-electron chi connectivity index (χ1n) is 7.55. The number of allylic oxidation sites excluding steroid dienone is 2. The monoisotopic (exact) mass is 353 g/mol. The smallest absolute Gasteiger partial charge is 0.307 e. The van der Waals surface area contributed by atoms with Crippen LogP contribution < -0.4 is 5.32 Å². The van der Waals surface area contributed by atoms with Crippen molar-refractivity contribution < 1.29 is 14.7 Å². The summed E-state index contributed by atoms with van der Waals surface area (Å²) in [4.78, 5) is 24.1. The molecule has 2 aliphatic rings. The van der Waals surface area contributed by atoms with Gasteiger partial charge in [0.2, 0.25) is 5.91 Å². The van der Waals surface area contributed by atoms with Gasteiger partial charge in [-0.25, -0.2) is 0 Å². The summed E-state index contributed by atoms with van der Waals surface area (Å²) in [5.41, 5.74) is 0.759. The molecule has 0 spiro atoms. The number of hydrogen-bond acceptors (Lipinski definition) is 2. The van der Waals surface area contributed by atoms with Crippen LogP contribution in [0.5, 0.6) is 0 Å². The van der Waals surface area contributed by atoms with E-state index in [1.165, 1.54) is 0 Å². The summed E-state index contributed by atoms with van der Waals surface area (Å²) in [6, 6.07) is 4.79. The molecule has 2 bridgehead atoms. The highest BCUT2D eigenvalue weighted by atomic mass is 35.5. The van der Waals surface area contributed by atoms with Crippen molar-refractivity contribution in [3.63, 3.8) is 0 Å². The molecule has 1 amide bonds. The molecule has 3 rings (SSSR count). The van der Waals surface area contributed by atoms with Crippen LogP contribution in [0.4, 0.5) is 0 Å². The van der Waals surface area contributed by atoms with Crippen molar-refractivity contribution in [2.45, 2.75) is 19.4 Å². The maximum atomic E-state index is 12.6. The molecule has 122 valence electrons. The van der Waals surface area contributed by atoms with Gasteiger partial charge in [0.25, 0.3) is 0 Å². The molecule has 4 nitrogen and oxygen atoms in total. The van der Waals surface area contributed by atoms with Crippen LogP contribution in [-0.2, 0) is 9.59 Å². The first-order valence-corrected chi connectivity index (χ1v) is 8.30. The highest BCUT2D eigenvalue weighted by Gasteiger charge is 2.51. The molecule has 1 saturated carbocycles. The van der Waals surface area contributed by atoms with Crippen molar-refractivity contribution in [2.24, 2.45) is 23.7 Å². The van der Waals surface area contributed by atoms with Gasteiger partial charge in [-0.2, -0.15) is 0 Å². The molecule has 6 heteroatoms. The van der Waals surface area contributed by atoms with Crippen molar-refractivity contribution in [1.82, 2.24) is 5.32 Å². The van der Waals surface area contributed by atoms with Crippen LogP contribution in [0, 0.1) is 23.7 Å².